The SMILES string of the molecule is N#Cc1ccc(N[C@H]2C[C@@H](C(F)(F)F)C2)nc1. The summed E-state index contributed by atoms with van der Waals surface area (Å²) in [5, 5.41) is 11.5. The molecule has 3 nitrogen and oxygen atoms in total. The molecule has 2 rings (SSSR count). The van der Waals surface area contributed by atoms with Gasteiger partial charge in [-0.1, -0.05) is 0 Å². The van der Waals surface area contributed by atoms with Crippen molar-refractivity contribution in [1.82, 2.24) is 4.98 Å². The summed E-state index contributed by atoms with van der Waals surface area (Å²) >= 11 is 0. The fourth-order valence-electron chi connectivity index (χ4n) is 1.76. The number of hydrogen-bond donors (Lipinski definition) is 1. The van der Waals surface area contributed by atoms with Gasteiger partial charge in [-0.05, 0) is 25.0 Å². The Morgan fingerprint density at radius 2 is 2.06 bits per heavy atom. The van der Waals surface area contributed by atoms with Crippen molar-refractivity contribution in [1.29, 1.82) is 5.26 Å². The Hall–Kier alpha value is -1.77. The van der Waals surface area contributed by atoms with Crippen LogP contribution in [0.4, 0.5) is 19.0 Å². The number of nitriles is 1. The zero-order valence-electron chi connectivity index (χ0n) is 8.83. The Bertz CT molecular complexity index is 427. The zero-order valence-corrected chi connectivity index (χ0v) is 8.83. The molecule has 0 radical (unpaired) electrons. The monoisotopic (exact) mass is 241 g/mol. The molecule has 1 aromatic heterocycles. The Labute approximate surface area is 96.3 Å². The molecule has 6 heteroatoms. The summed E-state index contributed by atoms with van der Waals surface area (Å²) in [5.74, 6) is -0.687. The predicted molar refractivity (Wildman–Crippen MR) is 55.1 cm³/mol. The summed E-state index contributed by atoms with van der Waals surface area (Å²) in [6, 6.07) is 4.92. The molecular formula is C11H10F3N3. The highest BCUT2D eigenvalue weighted by Crippen LogP contribution is 2.41. The Morgan fingerprint density at radius 3 is 2.53 bits per heavy atom. The van der Waals surface area contributed by atoms with Crippen LogP contribution < -0.4 is 5.32 Å². The highest BCUT2D eigenvalue weighted by atomic mass is 19.4. The van der Waals surface area contributed by atoms with Crippen LogP contribution in [-0.4, -0.2) is 17.2 Å². The second-order valence-electron chi connectivity index (χ2n) is 4.10. The maximum Gasteiger partial charge on any atom is 0.391 e. The average molecular weight is 241 g/mol. The first-order chi connectivity index (χ1) is 7.99. The third-order valence-electron chi connectivity index (χ3n) is 2.85. The van der Waals surface area contributed by atoms with Crippen molar-refractivity contribution in [3.8, 4) is 6.07 Å². The van der Waals surface area contributed by atoms with E-state index in [9.17, 15) is 13.2 Å². The lowest BCUT2D eigenvalue weighted by Gasteiger charge is -2.37. The molecule has 1 fully saturated rings. The molecule has 0 bridgehead atoms. The van der Waals surface area contributed by atoms with E-state index in [4.69, 9.17) is 5.26 Å². The van der Waals surface area contributed by atoms with Gasteiger partial charge in [-0.25, -0.2) is 4.98 Å². The molecule has 1 N–H and O–H groups in total. The first-order valence-electron chi connectivity index (χ1n) is 5.18. The molecule has 0 aliphatic heterocycles. The number of aromatic nitrogens is 1. The van der Waals surface area contributed by atoms with Gasteiger partial charge < -0.3 is 5.32 Å². The molecule has 1 saturated carbocycles. The van der Waals surface area contributed by atoms with Crippen molar-refractivity contribution < 1.29 is 13.2 Å². The molecule has 1 heterocycles. The normalized spacial score (nSPS) is 23.6. The molecule has 0 unspecified atom stereocenters. The molecule has 0 atom stereocenters. The van der Waals surface area contributed by atoms with Crippen LogP contribution in [0.2, 0.25) is 0 Å². The highest BCUT2D eigenvalue weighted by molar-refractivity contribution is 5.40. The summed E-state index contributed by atoms with van der Waals surface area (Å²) in [6.45, 7) is 0. The van der Waals surface area contributed by atoms with Crippen LogP contribution in [0.15, 0.2) is 18.3 Å². The van der Waals surface area contributed by atoms with E-state index in [0.717, 1.165) is 0 Å². The third kappa shape index (κ3) is 2.67. The van der Waals surface area contributed by atoms with Gasteiger partial charge in [0, 0.05) is 12.2 Å². The second-order valence-corrected chi connectivity index (χ2v) is 4.10. The largest absolute Gasteiger partial charge is 0.391 e. The summed E-state index contributed by atoms with van der Waals surface area (Å²) in [7, 11) is 0. The predicted octanol–water partition coefficient (Wildman–Crippen LogP) is 2.71. The fourth-order valence-corrected chi connectivity index (χ4v) is 1.76. The van der Waals surface area contributed by atoms with E-state index in [2.05, 4.69) is 10.3 Å². The van der Waals surface area contributed by atoms with Crippen LogP contribution in [0.3, 0.4) is 0 Å². The van der Waals surface area contributed by atoms with Crippen LogP contribution in [0, 0.1) is 17.2 Å². The second kappa shape index (κ2) is 4.24. The number of nitrogens with zero attached hydrogens (tertiary/aromatic N) is 2. The first-order valence-corrected chi connectivity index (χ1v) is 5.18. The molecule has 1 aromatic rings. The van der Waals surface area contributed by atoms with Gasteiger partial charge in [0.2, 0.25) is 0 Å². The minimum atomic E-state index is -4.09. The van der Waals surface area contributed by atoms with Crippen LogP contribution in [-0.2, 0) is 0 Å². The summed E-state index contributed by atoms with van der Waals surface area (Å²) in [4.78, 5) is 3.94. The van der Waals surface area contributed by atoms with E-state index in [1.807, 2.05) is 6.07 Å². The standard InChI is InChI=1S/C11H10F3N3/c12-11(13,14)8-3-9(4-8)17-10-2-1-7(5-15)6-16-10/h1-2,6,8-9H,3-4H2,(H,16,17)/t8-,9+. The number of nitrogens with one attached hydrogen (secondary N) is 1. The van der Waals surface area contributed by atoms with Gasteiger partial charge in [0.05, 0.1) is 11.5 Å². The lowest BCUT2D eigenvalue weighted by Crippen LogP contribution is -2.43. The maximum absolute atomic E-state index is 12.2. The van der Waals surface area contributed by atoms with Crippen LogP contribution in [0.25, 0.3) is 0 Å². The van der Waals surface area contributed by atoms with Gasteiger partial charge in [-0.3, -0.25) is 0 Å². The summed E-state index contributed by atoms with van der Waals surface area (Å²) in [5.41, 5.74) is 0.428. The van der Waals surface area contributed by atoms with Gasteiger partial charge in [0.1, 0.15) is 11.9 Å². The molecule has 1 aliphatic carbocycles. The van der Waals surface area contributed by atoms with Crippen LogP contribution in [0.1, 0.15) is 18.4 Å². The van der Waals surface area contributed by atoms with Gasteiger partial charge in [0.25, 0.3) is 0 Å². The van der Waals surface area contributed by atoms with Crippen LogP contribution in [0.5, 0.6) is 0 Å². The highest BCUT2D eigenvalue weighted by Gasteiger charge is 2.47. The van der Waals surface area contributed by atoms with Crippen molar-refractivity contribution in [3.63, 3.8) is 0 Å². The van der Waals surface area contributed by atoms with Gasteiger partial charge in [0.15, 0.2) is 0 Å². The van der Waals surface area contributed by atoms with E-state index in [0.29, 0.717) is 11.4 Å². The van der Waals surface area contributed by atoms with E-state index >= 15 is 0 Å². The van der Waals surface area contributed by atoms with Gasteiger partial charge >= 0.3 is 6.18 Å². The maximum atomic E-state index is 12.2. The Balaban J connectivity index is 1.86. The zero-order chi connectivity index (χ0) is 12.5. The van der Waals surface area contributed by atoms with Gasteiger partial charge in [-0.2, -0.15) is 18.4 Å². The quantitative estimate of drug-likeness (QED) is 0.866. The number of halogens is 3. The summed E-state index contributed by atoms with van der Waals surface area (Å²) < 4.78 is 36.7. The molecule has 0 aromatic carbocycles. The third-order valence-corrected chi connectivity index (χ3v) is 2.85. The lowest BCUT2D eigenvalue weighted by atomic mass is 9.80. The Kier molecular flexibility index (Phi) is 2.92. The van der Waals surface area contributed by atoms with Crippen molar-refractivity contribution in [2.24, 2.45) is 5.92 Å². The van der Waals surface area contributed by atoms with E-state index in [1.54, 1.807) is 12.1 Å². The van der Waals surface area contributed by atoms with Crippen LogP contribution >= 0.6 is 0 Å². The molecule has 0 saturated heterocycles. The first kappa shape index (κ1) is 11.7. The van der Waals surface area contributed by atoms with Crippen molar-refractivity contribution in [2.75, 3.05) is 5.32 Å². The van der Waals surface area contributed by atoms with E-state index < -0.39 is 12.1 Å². The number of hydrogen-bond acceptors (Lipinski definition) is 3. The fraction of sp³-hybridized carbons (Fsp3) is 0.455. The number of rotatable bonds is 2. The summed E-state index contributed by atoms with van der Waals surface area (Å²) in [6.07, 6.45) is -2.52. The molecular weight excluding hydrogens is 231 g/mol. The average Bonchev–Trinajstić information content (AvgIpc) is 2.22. The number of pyridine rings is 1. The molecule has 0 spiro atoms. The molecule has 0 amide bonds. The van der Waals surface area contributed by atoms with Gasteiger partial charge in [-0.15, -0.1) is 0 Å². The van der Waals surface area contributed by atoms with Crippen molar-refractivity contribution >= 4 is 5.82 Å². The number of alkyl halides is 3. The minimum absolute atomic E-state index is 0.0885. The topological polar surface area (TPSA) is 48.7 Å². The van der Waals surface area contributed by atoms with Crippen molar-refractivity contribution in [2.45, 2.75) is 25.1 Å². The Morgan fingerprint density at radius 1 is 1.35 bits per heavy atom. The molecule has 90 valence electrons. The molecule has 1 aliphatic rings. The minimum Gasteiger partial charge on any atom is -0.367 e. The van der Waals surface area contributed by atoms with E-state index in [1.165, 1.54) is 6.20 Å². The molecule has 17 heavy (non-hydrogen) atoms. The lowest BCUT2D eigenvalue weighted by molar-refractivity contribution is -0.195. The number of anilines is 1. The van der Waals surface area contributed by atoms with E-state index in [-0.39, 0.29) is 18.9 Å². The smallest absolute Gasteiger partial charge is 0.367 e. The van der Waals surface area contributed by atoms with Crippen molar-refractivity contribution in [3.05, 3.63) is 23.9 Å².